The van der Waals surface area contributed by atoms with Gasteiger partial charge in [-0.3, -0.25) is 4.99 Å². The number of nitrogens with zero attached hydrogens (tertiary/aromatic N) is 1. The molecule has 1 heterocycles. The second kappa shape index (κ2) is 10.6. The summed E-state index contributed by atoms with van der Waals surface area (Å²) in [5.41, 5.74) is 2.39. The number of hydrogen-bond donors (Lipinski definition) is 2. The Morgan fingerprint density at radius 1 is 1.14 bits per heavy atom. The zero-order chi connectivity index (χ0) is 14.9. The third-order valence-electron chi connectivity index (χ3n) is 3.00. The molecule has 2 N–H and O–H groups in total. The van der Waals surface area contributed by atoms with E-state index in [4.69, 9.17) is 4.74 Å². The molecular formula is C16H22IN3OS. The summed E-state index contributed by atoms with van der Waals surface area (Å²) in [5, 5.41) is 8.70. The van der Waals surface area contributed by atoms with Crippen molar-refractivity contribution in [2.45, 2.75) is 19.7 Å². The highest BCUT2D eigenvalue weighted by Crippen LogP contribution is 2.08. The van der Waals surface area contributed by atoms with E-state index >= 15 is 0 Å². The molecule has 2 aromatic rings. The van der Waals surface area contributed by atoms with Crippen molar-refractivity contribution < 1.29 is 4.74 Å². The molecule has 0 aliphatic rings. The number of nitrogens with one attached hydrogen (secondary N) is 2. The lowest BCUT2D eigenvalue weighted by Gasteiger charge is -2.12. The van der Waals surface area contributed by atoms with Gasteiger partial charge in [-0.1, -0.05) is 30.3 Å². The Labute approximate surface area is 153 Å². The predicted molar refractivity (Wildman–Crippen MR) is 104 cm³/mol. The van der Waals surface area contributed by atoms with Crippen LogP contribution in [0.25, 0.3) is 0 Å². The number of hydrogen-bond acceptors (Lipinski definition) is 3. The first kappa shape index (κ1) is 18.9. The van der Waals surface area contributed by atoms with E-state index in [1.807, 2.05) is 6.07 Å². The minimum Gasteiger partial charge on any atom is -0.380 e. The molecule has 4 nitrogen and oxygen atoms in total. The van der Waals surface area contributed by atoms with E-state index in [1.165, 1.54) is 16.0 Å². The SMILES string of the molecule is CN=C(NCc1cccc(COC)c1)NCc1cccs1.I. The van der Waals surface area contributed by atoms with Crippen LogP contribution in [-0.2, 0) is 24.4 Å². The molecule has 0 unspecified atom stereocenters. The van der Waals surface area contributed by atoms with E-state index in [2.05, 4.69) is 51.3 Å². The number of halogens is 1. The van der Waals surface area contributed by atoms with Gasteiger partial charge in [0.25, 0.3) is 0 Å². The first-order valence-electron chi connectivity index (χ1n) is 6.85. The fourth-order valence-electron chi connectivity index (χ4n) is 1.99. The lowest BCUT2D eigenvalue weighted by Crippen LogP contribution is -2.36. The fourth-order valence-corrected chi connectivity index (χ4v) is 2.63. The van der Waals surface area contributed by atoms with E-state index in [0.717, 1.165) is 19.0 Å². The highest BCUT2D eigenvalue weighted by Gasteiger charge is 2.00. The quantitative estimate of drug-likeness (QED) is 0.419. The molecule has 22 heavy (non-hydrogen) atoms. The highest BCUT2D eigenvalue weighted by molar-refractivity contribution is 14.0. The Bertz CT molecular complexity index is 573. The molecule has 0 radical (unpaired) electrons. The Kier molecular flexibility index (Phi) is 9.10. The summed E-state index contributed by atoms with van der Waals surface area (Å²) in [6.45, 7) is 2.17. The van der Waals surface area contributed by atoms with E-state index in [0.29, 0.717) is 6.61 Å². The van der Waals surface area contributed by atoms with Gasteiger partial charge in [-0.05, 0) is 22.6 Å². The van der Waals surface area contributed by atoms with Crippen LogP contribution >= 0.6 is 35.3 Å². The van der Waals surface area contributed by atoms with Crippen molar-refractivity contribution in [3.63, 3.8) is 0 Å². The van der Waals surface area contributed by atoms with Crippen molar-refractivity contribution in [3.05, 3.63) is 57.8 Å². The molecule has 0 saturated carbocycles. The van der Waals surface area contributed by atoms with Crippen LogP contribution in [0.3, 0.4) is 0 Å². The average Bonchev–Trinajstić information content (AvgIpc) is 3.01. The predicted octanol–water partition coefficient (Wildman–Crippen LogP) is 3.38. The molecule has 0 bridgehead atoms. The molecule has 0 saturated heterocycles. The zero-order valence-electron chi connectivity index (χ0n) is 12.8. The third kappa shape index (κ3) is 6.33. The Morgan fingerprint density at radius 2 is 1.91 bits per heavy atom. The summed E-state index contributed by atoms with van der Waals surface area (Å²) in [6, 6.07) is 12.5. The average molecular weight is 431 g/mol. The second-order valence-electron chi connectivity index (χ2n) is 4.61. The summed E-state index contributed by atoms with van der Waals surface area (Å²) in [4.78, 5) is 5.53. The highest BCUT2D eigenvalue weighted by atomic mass is 127. The van der Waals surface area contributed by atoms with Gasteiger partial charge in [0, 0.05) is 25.6 Å². The number of methoxy groups -OCH3 is 1. The molecule has 0 amide bonds. The number of aliphatic imine (C=N–C) groups is 1. The van der Waals surface area contributed by atoms with E-state index in [-0.39, 0.29) is 24.0 Å². The number of thiophene rings is 1. The summed E-state index contributed by atoms with van der Waals surface area (Å²) in [6.07, 6.45) is 0. The maximum Gasteiger partial charge on any atom is 0.191 e. The molecule has 0 fully saturated rings. The van der Waals surface area contributed by atoms with E-state index in [9.17, 15) is 0 Å². The van der Waals surface area contributed by atoms with Crippen LogP contribution in [0.4, 0.5) is 0 Å². The molecule has 0 atom stereocenters. The van der Waals surface area contributed by atoms with Crippen LogP contribution in [0, 0.1) is 0 Å². The maximum atomic E-state index is 5.15. The van der Waals surface area contributed by atoms with Crippen LogP contribution in [0.2, 0.25) is 0 Å². The standard InChI is InChI=1S/C16H21N3OS.HI/c1-17-16(19-11-15-7-4-8-21-15)18-10-13-5-3-6-14(9-13)12-20-2;/h3-9H,10-12H2,1-2H3,(H2,17,18,19);1H. The zero-order valence-corrected chi connectivity index (χ0v) is 16.0. The first-order valence-corrected chi connectivity index (χ1v) is 7.73. The monoisotopic (exact) mass is 431 g/mol. The molecule has 0 aliphatic carbocycles. The lowest BCUT2D eigenvalue weighted by molar-refractivity contribution is 0.185. The minimum atomic E-state index is 0. The van der Waals surface area contributed by atoms with Crippen molar-refractivity contribution in [1.82, 2.24) is 10.6 Å². The van der Waals surface area contributed by atoms with Gasteiger partial charge in [-0.2, -0.15) is 0 Å². The number of rotatable bonds is 6. The Morgan fingerprint density at radius 3 is 2.59 bits per heavy atom. The molecule has 1 aromatic carbocycles. The maximum absolute atomic E-state index is 5.15. The first-order chi connectivity index (χ1) is 10.3. The lowest BCUT2D eigenvalue weighted by atomic mass is 10.1. The van der Waals surface area contributed by atoms with Crippen LogP contribution < -0.4 is 10.6 Å². The smallest absolute Gasteiger partial charge is 0.191 e. The minimum absolute atomic E-state index is 0. The molecule has 0 spiro atoms. The molecule has 0 aliphatic heterocycles. The summed E-state index contributed by atoms with van der Waals surface area (Å²) in [7, 11) is 3.49. The Hall–Kier alpha value is -1.12. The van der Waals surface area contributed by atoms with Crippen molar-refractivity contribution in [3.8, 4) is 0 Å². The van der Waals surface area contributed by atoms with Crippen molar-refractivity contribution in [2.75, 3.05) is 14.2 Å². The molecule has 1 aromatic heterocycles. The van der Waals surface area contributed by atoms with Crippen LogP contribution in [0.15, 0.2) is 46.8 Å². The Balaban J connectivity index is 0.00000242. The fraction of sp³-hybridized carbons (Fsp3) is 0.312. The van der Waals surface area contributed by atoms with Gasteiger partial charge in [-0.15, -0.1) is 35.3 Å². The van der Waals surface area contributed by atoms with Gasteiger partial charge >= 0.3 is 0 Å². The summed E-state index contributed by atoms with van der Waals surface area (Å²) < 4.78 is 5.15. The van der Waals surface area contributed by atoms with Gasteiger partial charge in [0.2, 0.25) is 0 Å². The van der Waals surface area contributed by atoms with Gasteiger partial charge in [0.05, 0.1) is 13.2 Å². The molecule has 2 rings (SSSR count). The largest absolute Gasteiger partial charge is 0.380 e. The molecular weight excluding hydrogens is 409 g/mol. The van der Waals surface area contributed by atoms with Crippen molar-refractivity contribution in [1.29, 1.82) is 0 Å². The van der Waals surface area contributed by atoms with Crippen molar-refractivity contribution in [2.24, 2.45) is 4.99 Å². The van der Waals surface area contributed by atoms with Gasteiger partial charge in [0.15, 0.2) is 5.96 Å². The summed E-state index contributed by atoms with van der Waals surface area (Å²) in [5.74, 6) is 0.806. The number of benzene rings is 1. The van der Waals surface area contributed by atoms with Gasteiger partial charge in [-0.25, -0.2) is 0 Å². The molecule has 6 heteroatoms. The van der Waals surface area contributed by atoms with Gasteiger partial charge in [0.1, 0.15) is 0 Å². The third-order valence-corrected chi connectivity index (χ3v) is 3.87. The number of ether oxygens (including phenoxy) is 1. The second-order valence-corrected chi connectivity index (χ2v) is 5.64. The van der Waals surface area contributed by atoms with Gasteiger partial charge < -0.3 is 15.4 Å². The van der Waals surface area contributed by atoms with Crippen molar-refractivity contribution >= 4 is 41.3 Å². The van der Waals surface area contributed by atoms with E-state index in [1.54, 1.807) is 25.5 Å². The summed E-state index contributed by atoms with van der Waals surface area (Å²) >= 11 is 1.74. The normalized spacial score (nSPS) is 10.9. The van der Waals surface area contributed by atoms with Crippen LogP contribution in [0.1, 0.15) is 16.0 Å². The number of guanidine groups is 1. The van der Waals surface area contributed by atoms with Crippen LogP contribution in [-0.4, -0.2) is 20.1 Å². The molecule has 120 valence electrons. The van der Waals surface area contributed by atoms with E-state index < -0.39 is 0 Å². The topological polar surface area (TPSA) is 45.7 Å². The van der Waals surface area contributed by atoms with Crippen LogP contribution in [0.5, 0.6) is 0 Å².